The molecule has 1 aromatic heterocycles. The van der Waals surface area contributed by atoms with Gasteiger partial charge >= 0.3 is 5.97 Å². The fourth-order valence-electron chi connectivity index (χ4n) is 4.98. The van der Waals surface area contributed by atoms with E-state index in [-0.39, 0.29) is 22.5 Å². The van der Waals surface area contributed by atoms with Crippen LogP contribution in [0.25, 0.3) is 22.1 Å². The van der Waals surface area contributed by atoms with Crippen LogP contribution in [0.3, 0.4) is 0 Å². The van der Waals surface area contributed by atoms with Gasteiger partial charge in [-0.25, -0.2) is 8.42 Å². The van der Waals surface area contributed by atoms with Gasteiger partial charge in [-0.2, -0.15) is 4.72 Å². The van der Waals surface area contributed by atoms with Crippen LogP contribution in [0.15, 0.2) is 76.0 Å². The summed E-state index contributed by atoms with van der Waals surface area (Å²) in [6.07, 6.45) is 1.90. The van der Waals surface area contributed by atoms with Crippen LogP contribution in [0.2, 0.25) is 0 Å². The first-order valence-corrected chi connectivity index (χ1v) is 15.7. The van der Waals surface area contributed by atoms with Crippen molar-refractivity contribution < 1.29 is 27.2 Å². The van der Waals surface area contributed by atoms with E-state index in [2.05, 4.69) is 35.1 Å². The fraction of sp³-hybridized carbons (Fsp3) is 0.333. The lowest BCUT2D eigenvalue weighted by Crippen LogP contribution is -2.44. The number of carbonyl (C=O) groups is 2. The van der Waals surface area contributed by atoms with E-state index in [1.54, 1.807) is 38.1 Å². The summed E-state index contributed by atoms with van der Waals surface area (Å²) in [5.74, 6) is -0.962. The molecule has 3 aromatic carbocycles. The van der Waals surface area contributed by atoms with E-state index in [4.69, 9.17) is 9.15 Å². The summed E-state index contributed by atoms with van der Waals surface area (Å²) < 4.78 is 38.9. The number of methoxy groups -OCH3 is 1. The summed E-state index contributed by atoms with van der Waals surface area (Å²) in [6, 6.07) is 18.6. The quantitative estimate of drug-likeness (QED) is 0.201. The maximum absolute atomic E-state index is 13.2. The highest BCUT2D eigenvalue weighted by Crippen LogP contribution is 2.30. The Morgan fingerprint density at radius 3 is 2.16 bits per heavy atom. The Morgan fingerprint density at radius 2 is 1.58 bits per heavy atom. The summed E-state index contributed by atoms with van der Waals surface area (Å²) in [4.78, 5) is 27.4. The van der Waals surface area contributed by atoms with Crippen LogP contribution in [0.5, 0.6) is 0 Å². The molecule has 0 aliphatic heterocycles. The maximum Gasteiger partial charge on any atom is 0.324 e. The van der Waals surface area contributed by atoms with Gasteiger partial charge in [0.15, 0.2) is 5.76 Å². The Hall–Kier alpha value is -3.99. The normalized spacial score (nSPS) is 12.6. The number of rotatable bonds is 12. The number of furan rings is 1. The van der Waals surface area contributed by atoms with Crippen LogP contribution in [0.1, 0.15) is 41.9 Å². The Bertz CT molecular complexity index is 1690. The molecular weight excluding hydrogens is 566 g/mol. The van der Waals surface area contributed by atoms with E-state index in [1.165, 1.54) is 24.8 Å². The SMILES string of the molecule is COC(=O)[C@@H](NS(=O)(=O)c1ccc(-c2ccc(NC(=O)c3oc4cccc(CCCN(C)C)c4c3C)cc2)cc1)C(C)C. The van der Waals surface area contributed by atoms with Crippen molar-refractivity contribution in [1.82, 2.24) is 9.62 Å². The van der Waals surface area contributed by atoms with Gasteiger partial charge in [0.05, 0.1) is 12.0 Å². The van der Waals surface area contributed by atoms with Crippen molar-refractivity contribution in [2.75, 3.05) is 33.1 Å². The van der Waals surface area contributed by atoms with Gasteiger partial charge in [0.2, 0.25) is 10.0 Å². The Kier molecular flexibility index (Phi) is 10.1. The molecule has 0 fully saturated rings. The van der Waals surface area contributed by atoms with Crippen molar-refractivity contribution in [3.63, 3.8) is 0 Å². The third-order valence-electron chi connectivity index (χ3n) is 7.34. The van der Waals surface area contributed by atoms with E-state index in [0.717, 1.165) is 41.5 Å². The zero-order valence-corrected chi connectivity index (χ0v) is 26.2. The van der Waals surface area contributed by atoms with Crippen molar-refractivity contribution in [2.45, 2.75) is 44.6 Å². The smallest absolute Gasteiger partial charge is 0.324 e. The number of esters is 1. The molecule has 0 bridgehead atoms. The topological polar surface area (TPSA) is 118 Å². The van der Waals surface area contributed by atoms with E-state index < -0.39 is 22.0 Å². The number of sulfonamides is 1. The second-order valence-electron chi connectivity index (χ2n) is 11.2. The van der Waals surface area contributed by atoms with Crippen molar-refractivity contribution in [3.8, 4) is 11.1 Å². The van der Waals surface area contributed by atoms with Crippen molar-refractivity contribution in [2.24, 2.45) is 5.92 Å². The predicted molar refractivity (Wildman–Crippen MR) is 169 cm³/mol. The van der Waals surface area contributed by atoms with Crippen LogP contribution in [-0.4, -0.2) is 59.0 Å². The molecule has 4 aromatic rings. The van der Waals surface area contributed by atoms with Crippen LogP contribution in [-0.2, 0) is 26.0 Å². The number of fused-ring (bicyclic) bond motifs is 1. The minimum atomic E-state index is -3.94. The summed E-state index contributed by atoms with van der Waals surface area (Å²) in [6.45, 7) is 6.37. The first-order valence-electron chi connectivity index (χ1n) is 14.2. The minimum Gasteiger partial charge on any atom is -0.468 e. The highest BCUT2D eigenvalue weighted by atomic mass is 32.2. The number of nitrogens with one attached hydrogen (secondary N) is 2. The number of amides is 1. The Balaban J connectivity index is 1.46. The maximum atomic E-state index is 13.2. The zero-order chi connectivity index (χ0) is 31.3. The number of nitrogens with zero attached hydrogens (tertiary/aromatic N) is 1. The lowest BCUT2D eigenvalue weighted by Gasteiger charge is -2.19. The number of benzene rings is 3. The molecule has 2 N–H and O–H groups in total. The summed E-state index contributed by atoms with van der Waals surface area (Å²) >= 11 is 0. The molecule has 1 atom stereocenters. The van der Waals surface area contributed by atoms with Crippen LogP contribution < -0.4 is 10.0 Å². The van der Waals surface area contributed by atoms with E-state index in [0.29, 0.717) is 11.3 Å². The van der Waals surface area contributed by atoms with Crippen LogP contribution >= 0.6 is 0 Å². The molecule has 0 aliphatic carbocycles. The zero-order valence-electron chi connectivity index (χ0n) is 25.4. The van der Waals surface area contributed by atoms with E-state index >= 15 is 0 Å². The molecule has 0 spiro atoms. The number of carbonyl (C=O) groups excluding carboxylic acids is 2. The second kappa shape index (κ2) is 13.5. The van der Waals surface area contributed by atoms with Crippen LogP contribution in [0.4, 0.5) is 5.69 Å². The first-order chi connectivity index (χ1) is 20.4. The molecule has 228 valence electrons. The number of hydrogen-bond donors (Lipinski definition) is 2. The number of hydrogen-bond acceptors (Lipinski definition) is 7. The van der Waals surface area contributed by atoms with Gasteiger partial charge in [-0.3, -0.25) is 9.59 Å². The standard InChI is InChI=1S/C33H39N3O6S/c1-21(2)30(33(38)41-6)35-43(39,40)27-18-14-24(15-19-27)23-12-16-26(17-13-23)34-32(37)31-22(3)29-25(10-8-20-36(4)5)9-7-11-28(29)42-31/h7,9,11-19,21,30,35H,8,10,20H2,1-6H3,(H,34,37)/t30-/m0/s1. The molecule has 9 nitrogen and oxygen atoms in total. The molecular formula is C33H39N3O6S. The molecule has 4 rings (SSSR count). The minimum absolute atomic E-state index is 0.0387. The lowest BCUT2D eigenvalue weighted by molar-refractivity contribution is -0.143. The molecule has 10 heteroatoms. The highest BCUT2D eigenvalue weighted by Gasteiger charge is 2.29. The summed E-state index contributed by atoms with van der Waals surface area (Å²) in [5.41, 5.74) is 4.92. The Labute approximate surface area is 253 Å². The molecule has 0 aliphatic rings. The van der Waals surface area contributed by atoms with Gasteiger partial charge in [0.1, 0.15) is 11.6 Å². The van der Waals surface area contributed by atoms with Gasteiger partial charge in [-0.05, 0) is 93.3 Å². The average Bonchev–Trinajstić information content (AvgIpc) is 3.33. The Morgan fingerprint density at radius 1 is 0.953 bits per heavy atom. The third kappa shape index (κ3) is 7.51. The monoisotopic (exact) mass is 605 g/mol. The third-order valence-corrected chi connectivity index (χ3v) is 8.80. The predicted octanol–water partition coefficient (Wildman–Crippen LogP) is 5.63. The highest BCUT2D eigenvalue weighted by molar-refractivity contribution is 7.89. The van der Waals surface area contributed by atoms with E-state index in [1.807, 2.05) is 31.2 Å². The summed E-state index contributed by atoms with van der Waals surface area (Å²) in [7, 11) is 1.39. The molecule has 0 saturated carbocycles. The molecule has 0 radical (unpaired) electrons. The van der Waals surface area contributed by atoms with Gasteiger partial charge in [0, 0.05) is 16.6 Å². The van der Waals surface area contributed by atoms with E-state index in [9.17, 15) is 18.0 Å². The van der Waals surface area contributed by atoms with Gasteiger partial charge in [-0.15, -0.1) is 0 Å². The first kappa shape index (κ1) is 31.9. The molecule has 0 saturated heterocycles. The average molecular weight is 606 g/mol. The molecule has 1 heterocycles. The largest absolute Gasteiger partial charge is 0.468 e. The molecule has 1 amide bonds. The van der Waals surface area contributed by atoms with Crippen molar-refractivity contribution in [1.29, 1.82) is 0 Å². The van der Waals surface area contributed by atoms with Crippen molar-refractivity contribution in [3.05, 3.63) is 83.6 Å². The second-order valence-corrected chi connectivity index (χ2v) is 12.9. The number of ether oxygens (including phenoxy) is 1. The van der Waals surface area contributed by atoms with Gasteiger partial charge < -0.3 is 19.4 Å². The lowest BCUT2D eigenvalue weighted by atomic mass is 10.0. The number of anilines is 1. The van der Waals surface area contributed by atoms with Crippen molar-refractivity contribution >= 4 is 38.6 Å². The van der Waals surface area contributed by atoms with Gasteiger partial charge in [-0.1, -0.05) is 50.2 Å². The van der Waals surface area contributed by atoms with Crippen LogP contribution in [0, 0.1) is 12.8 Å². The number of aryl methyl sites for hydroxylation is 2. The molecule has 43 heavy (non-hydrogen) atoms. The fourth-order valence-corrected chi connectivity index (χ4v) is 6.31. The summed E-state index contributed by atoms with van der Waals surface area (Å²) in [5, 5.41) is 3.91. The molecule has 0 unspecified atom stereocenters. The van der Waals surface area contributed by atoms with Gasteiger partial charge in [0.25, 0.3) is 5.91 Å².